The third kappa shape index (κ3) is 2.60. The van der Waals surface area contributed by atoms with Crippen LogP contribution in [0.5, 0.6) is 0 Å². The van der Waals surface area contributed by atoms with Gasteiger partial charge in [0.2, 0.25) is 15.8 Å². The van der Waals surface area contributed by atoms with E-state index in [1.54, 1.807) is 30.3 Å². The summed E-state index contributed by atoms with van der Waals surface area (Å²) in [7, 11) is -3.74. The molecule has 2 N–H and O–H groups in total. The molecule has 6 heteroatoms. The molecule has 4 nitrogen and oxygen atoms in total. The molecule has 0 saturated carbocycles. The molecular weight excluding hydrogens is 258 g/mol. The zero-order chi connectivity index (χ0) is 12.5. The first-order valence-corrected chi connectivity index (χ1v) is 7.12. The van der Waals surface area contributed by atoms with Gasteiger partial charge in [0.25, 0.3) is 0 Å². The standard InChI is InChI=1S/C11H9NO3S2/c12-17(14,15)9-6-10(16-7-9)11(13)8-4-2-1-3-5-8/h1-7H,(H2,12,14,15). The maximum absolute atomic E-state index is 12.0. The van der Waals surface area contributed by atoms with Crippen LogP contribution in [0.2, 0.25) is 0 Å². The average molecular weight is 267 g/mol. The van der Waals surface area contributed by atoms with Gasteiger partial charge >= 0.3 is 0 Å². The molecule has 0 bridgehead atoms. The molecule has 2 rings (SSSR count). The van der Waals surface area contributed by atoms with E-state index in [2.05, 4.69) is 0 Å². The first-order valence-electron chi connectivity index (χ1n) is 4.69. The van der Waals surface area contributed by atoms with Crippen LogP contribution >= 0.6 is 11.3 Å². The first-order chi connectivity index (χ1) is 7.98. The van der Waals surface area contributed by atoms with E-state index in [1.165, 1.54) is 11.4 Å². The summed E-state index contributed by atoms with van der Waals surface area (Å²) in [5, 5.41) is 6.34. The fraction of sp³-hybridized carbons (Fsp3) is 0. The Labute approximate surface area is 103 Å². The smallest absolute Gasteiger partial charge is 0.238 e. The minimum atomic E-state index is -3.74. The number of benzene rings is 1. The molecule has 17 heavy (non-hydrogen) atoms. The van der Waals surface area contributed by atoms with Crippen molar-refractivity contribution in [2.24, 2.45) is 5.14 Å². The highest BCUT2D eigenvalue weighted by molar-refractivity contribution is 7.89. The van der Waals surface area contributed by atoms with Crippen LogP contribution in [0, 0.1) is 0 Å². The van der Waals surface area contributed by atoms with Gasteiger partial charge in [-0.25, -0.2) is 13.6 Å². The summed E-state index contributed by atoms with van der Waals surface area (Å²) in [5.74, 6) is -0.203. The summed E-state index contributed by atoms with van der Waals surface area (Å²) in [6, 6.07) is 9.97. The number of primary sulfonamides is 1. The number of hydrogen-bond acceptors (Lipinski definition) is 4. The normalized spacial score (nSPS) is 11.4. The summed E-state index contributed by atoms with van der Waals surface area (Å²) in [5.41, 5.74) is 0.523. The number of nitrogens with two attached hydrogens (primary N) is 1. The molecule has 0 atom stereocenters. The van der Waals surface area contributed by atoms with Gasteiger partial charge in [-0.15, -0.1) is 11.3 Å². The predicted molar refractivity (Wildman–Crippen MR) is 65.6 cm³/mol. The Balaban J connectivity index is 2.37. The van der Waals surface area contributed by atoms with Crippen molar-refractivity contribution in [3.05, 3.63) is 52.2 Å². The van der Waals surface area contributed by atoms with Crippen molar-refractivity contribution in [2.45, 2.75) is 4.90 Å². The second-order valence-corrected chi connectivity index (χ2v) is 5.86. The second-order valence-electron chi connectivity index (χ2n) is 3.39. The lowest BCUT2D eigenvalue weighted by atomic mass is 10.1. The number of rotatable bonds is 3. The first kappa shape index (κ1) is 12.0. The van der Waals surface area contributed by atoms with Crippen LogP contribution in [0.4, 0.5) is 0 Å². The van der Waals surface area contributed by atoms with Crippen molar-refractivity contribution in [3.63, 3.8) is 0 Å². The van der Waals surface area contributed by atoms with Crippen LogP contribution < -0.4 is 5.14 Å². The number of carbonyl (C=O) groups excluding carboxylic acids is 1. The van der Waals surface area contributed by atoms with Gasteiger partial charge in [-0.05, 0) is 6.07 Å². The summed E-state index contributed by atoms with van der Waals surface area (Å²) in [6.45, 7) is 0. The molecule has 0 amide bonds. The lowest BCUT2D eigenvalue weighted by molar-refractivity contribution is 0.104. The van der Waals surface area contributed by atoms with Gasteiger partial charge in [-0.2, -0.15) is 0 Å². The van der Waals surface area contributed by atoms with E-state index in [-0.39, 0.29) is 10.7 Å². The van der Waals surface area contributed by atoms with E-state index in [0.29, 0.717) is 10.4 Å². The molecule has 2 aromatic rings. The maximum atomic E-state index is 12.0. The lowest BCUT2D eigenvalue weighted by Crippen LogP contribution is -2.11. The predicted octanol–water partition coefficient (Wildman–Crippen LogP) is 1.63. The largest absolute Gasteiger partial charge is 0.288 e. The molecule has 1 aromatic carbocycles. The van der Waals surface area contributed by atoms with Gasteiger partial charge in [0.05, 0.1) is 9.77 Å². The monoisotopic (exact) mass is 267 g/mol. The third-order valence-corrected chi connectivity index (χ3v) is 4.13. The fourth-order valence-corrected chi connectivity index (χ4v) is 3.09. The zero-order valence-electron chi connectivity index (χ0n) is 8.66. The molecular formula is C11H9NO3S2. The molecule has 1 heterocycles. The van der Waals surface area contributed by atoms with Crippen molar-refractivity contribution in [2.75, 3.05) is 0 Å². The summed E-state index contributed by atoms with van der Waals surface area (Å²) < 4.78 is 22.2. The highest BCUT2D eigenvalue weighted by atomic mass is 32.2. The van der Waals surface area contributed by atoms with E-state index >= 15 is 0 Å². The highest BCUT2D eigenvalue weighted by Crippen LogP contribution is 2.21. The molecule has 0 spiro atoms. The Bertz CT molecular complexity index is 644. The Hall–Kier alpha value is -1.50. The quantitative estimate of drug-likeness (QED) is 0.858. The number of sulfonamides is 1. The minimum Gasteiger partial charge on any atom is -0.288 e. The molecule has 0 radical (unpaired) electrons. The zero-order valence-corrected chi connectivity index (χ0v) is 10.3. The van der Waals surface area contributed by atoms with Crippen molar-refractivity contribution in [3.8, 4) is 0 Å². The van der Waals surface area contributed by atoms with Crippen LogP contribution in [0.3, 0.4) is 0 Å². The molecule has 88 valence electrons. The van der Waals surface area contributed by atoms with Crippen molar-refractivity contribution < 1.29 is 13.2 Å². The summed E-state index contributed by atoms with van der Waals surface area (Å²) >= 11 is 1.07. The van der Waals surface area contributed by atoms with Gasteiger partial charge in [0.15, 0.2) is 0 Å². The van der Waals surface area contributed by atoms with Crippen molar-refractivity contribution in [1.82, 2.24) is 0 Å². The van der Waals surface area contributed by atoms with Crippen molar-refractivity contribution >= 4 is 27.1 Å². The van der Waals surface area contributed by atoms with E-state index < -0.39 is 10.0 Å². The van der Waals surface area contributed by atoms with E-state index in [0.717, 1.165) is 11.3 Å². The molecule has 0 unspecified atom stereocenters. The van der Waals surface area contributed by atoms with Crippen LogP contribution in [-0.4, -0.2) is 14.2 Å². The maximum Gasteiger partial charge on any atom is 0.238 e. The van der Waals surface area contributed by atoms with Crippen LogP contribution in [0.25, 0.3) is 0 Å². The van der Waals surface area contributed by atoms with Gasteiger partial charge in [0, 0.05) is 10.9 Å². The fourth-order valence-electron chi connectivity index (χ4n) is 1.32. The topological polar surface area (TPSA) is 77.2 Å². The Kier molecular flexibility index (Phi) is 3.10. The lowest BCUT2D eigenvalue weighted by Gasteiger charge is -1.96. The van der Waals surface area contributed by atoms with Crippen LogP contribution in [0.15, 0.2) is 46.7 Å². The summed E-state index contributed by atoms with van der Waals surface area (Å²) in [6.07, 6.45) is 0. The van der Waals surface area contributed by atoms with Gasteiger partial charge < -0.3 is 0 Å². The number of ketones is 1. The molecule has 0 saturated heterocycles. The third-order valence-electron chi connectivity index (χ3n) is 2.16. The van der Waals surface area contributed by atoms with E-state index in [4.69, 9.17) is 5.14 Å². The van der Waals surface area contributed by atoms with Gasteiger partial charge in [0.1, 0.15) is 0 Å². The minimum absolute atomic E-state index is 0.0261. The Morgan fingerprint density at radius 3 is 2.35 bits per heavy atom. The number of carbonyl (C=O) groups is 1. The highest BCUT2D eigenvalue weighted by Gasteiger charge is 2.16. The van der Waals surface area contributed by atoms with E-state index in [9.17, 15) is 13.2 Å². The van der Waals surface area contributed by atoms with Gasteiger partial charge in [-0.3, -0.25) is 4.79 Å². The molecule has 0 aliphatic rings. The molecule has 0 fully saturated rings. The molecule has 0 aliphatic carbocycles. The van der Waals surface area contributed by atoms with Gasteiger partial charge in [-0.1, -0.05) is 30.3 Å². The van der Waals surface area contributed by atoms with E-state index in [1.807, 2.05) is 0 Å². The Morgan fingerprint density at radius 2 is 1.82 bits per heavy atom. The van der Waals surface area contributed by atoms with Crippen LogP contribution in [0.1, 0.15) is 15.2 Å². The van der Waals surface area contributed by atoms with Crippen molar-refractivity contribution in [1.29, 1.82) is 0 Å². The average Bonchev–Trinajstić information content (AvgIpc) is 2.78. The molecule has 1 aromatic heterocycles. The number of hydrogen-bond donors (Lipinski definition) is 1. The SMILES string of the molecule is NS(=O)(=O)c1csc(C(=O)c2ccccc2)c1. The number of thiophene rings is 1. The van der Waals surface area contributed by atoms with Crippen LogP contribution in [-0.2, 0) is 10.0 Å². The second kappa shape index (κ2) is 4.40. The molecule has 0 aliphatic heterocycles. The Morgan fingerprint density at radius 1 is 1.18 bits per heavy atom. The summed E-state index contributed by atoms with van der Waals surface area (Å²) in [4.78, 5) is 12.3.